The Labute approximate surface area is 121 Å². The van der Waals surface area contributed by atoms with Crippen LogP contribution in [0, 0.1) is 0 Å². The van der Waals surface area contributed by atoms with Crippen molar-refractivity contribution in [3.63, 3.8) is 0 Å². The van der Waals surface area contributed by atoms with Gasteiger partial charge in [0.15, 0.2) is 0 Å². The molecule has 1 saturated heterocycles. The number of anilines is 1. The van der Waals surface area contributed by atoms with E-state index in [1.165, 1.54) is 0 Å². The van der Waals surface area contributed by atoms with Crippen molar-refractivity contribution in [2.45, 2.75) is 0 Å². The third-order valence-corrected chi connectivity index (χ3v) is 3.74. The van der Waals surface area contributed by atoms with Crippen molar-refractivity contribution in [3.05, 3.63) is 28.2 Å². The molecular weight excluding hydrogens is 312 g/mol. The monoisotopic (exact) mass is 328 g/mol. The number of nitrogens with zero attached hydrogens (tertiary/aromatic N) is 2. The highest BCUT2D eigenvalue weighted by molar-refractivity contribution is 9.10. The predicted octanol–water partition coefficient (Wildman–Crippen LogP) is 1.66. The van der Waals surface area contributed by atoms with Crippen LogP contribution in [0.2, 0.25) is 0 Å². The first-order chi connectivity index (χ1) is 8.56. The summed E-state index contributed by atoms with van der Waals surface area (Å²) in [6, 6.07) is 5.93. The zero-order chi connectivity index (χ0) is 13.1. The quantitative estimate of drug-likeness (QED) is 0.826. The first kappa shape index (κ1) is 13.7. The molecular formula is C12H17BrN4S. The molecule has 1 heterocycles. The van der Waals surface area contributed by atoms with E-state index in [1.807, 2.05) is 18.2 Å². The lowest BCUT2D eigenvalue weighted by molar-refractivity contribution is 0.179. The van der Waals surface area contributed by atoms with Gasteiger partial charge in [-0.05, 0) is 25.2 Å². The number of halogens is 1. The smallest absolute Gasteiger partial charge is 0.106 e. The normalized spacial score (nSPS) is 17.7. The minimum Gasteiger partial charge on any atom is -0.389 e. The Balaban J connectivity index is 2.11. The lowest BCUT2D eigenvalue weighted by Crippen LogP contribution is -2.47. The molecule has 0 radical (unpaired) electrons. The van der Waals surface area contributed by atoms with Crippen molar-refractivity contribution in [2.24, 2.45) is 5.73 Å². The van der Waals surface area contributed by atoms with Crippen LogP contribution in [0.5, 0.6) is 0 Å². The SMILES string of the molecule is CN1CCN(Nc2ccc(Br)cc2C(N)=S)CC1. The van der Waals surface area contributed by atoms with E-state index in [0.717, 1.165) is 41.9 Å². The molecule has 3 N–H and O–H groups in total. The van der Waals surface area contributed by atoms with Crippen LogP contribution in [0.15, 0.2) is 22.7 Å². The fraction of sp³-hybridized carbons (Fsp3) is 0.417. The molecule has 18 heavy (non-hydrogen) atoms. The zero-order valence-corrected chi connectivity index (χ0v) is 12.7. The number of piperazine rings is 1. The van der Waals surface area contributed by atoms with Gasteiger partial charge in [-0.1, -0.05) is 28.1 Å². The van der Waals surface area contributed by atoms with E-state index in [-0.39, 0.29) is 0 Å². The topological polar surface area (TPSA) is 44.5 Å². The number of thiocarbonyl (C=S) groups is 1. The van der Waals surface area contributed by atoms with E-state index in [0.29, 0.717) is 4.99 Å². The van der Waals surface area contributed by atoms with Gasteiger partial charge in [0.05, 0.1) is 5.69 Å². The maximum atomic E-state index is 5.75. The lowest BCUT2D eigenvalue weighted by atomic mass is 10.2. The number of hydrogen-bond donors (Lipinski definition) is 2. The molecule has 0 atom stereocenters. The van der Waals surface area contributed by atoms with Crippen LogP contribution in [0.25, 0.3) is 0 Å². The fourth-order valence-corrected chi connectivity index (χ4v) is 2.44. The van der Waals surface area contributed by atoms with E-state index < -0.39 is 0 Å². The largest absolute Gasteiger partial charge is 0.389 e. The van der Waals surface area contributed by atoms with Gasteiger partial charge in [0.2, 0.25) is 0 Å². The molecule has 0 spiro atoms. The molecule has 0 saturated carbocycles. The average Bonchev–Trinajstić information content (AvgIpc) is 2.34. The third-order valence-electron chi connectivity index (χ3n) is 3.03. The number of nitrogens with one attached hydrogen (secondary N) is 1. The van der Waals surface area contributed by atoms with Gasteiger partial charge in [0.25, 0.3) is 0 Å². The molecule has 1 aromatic rings. The summed E-state index contributed by atoms with van der Waals surface area (Å²) in [4.78, 5) is 2.72. The lowest BCUT2D eigenvalue weighted by Gasteiger charge is -2.33. The summed E-state index contributed by atoms with van der Waals surface area (Å²) in [5.41, 5.74) is 11.0. The van der Waals surface area contributed by atoms with Crippen LogP contribution in [-0.4, -0.2) is 48.1 Å². The summed E-state index contributed by atoms with van der Waals surface area (Å²) in [7, 11) is 2.14. The van der Waals surface area contributed by atoms with Crippen molar-refractivity contribution in [1.82, 2.24) is 9.91 Å². The Hall–Kier alpha value is -0.690. The molecule has 0 bridgehead atoms. The standard InChI is InChI=1S/C12H17BrN4S/c1-16-4-6-17(7-5-16)15-11-3-2-9(13)8-10(11)12(14)18/h2-3,8,15H,4-7H2,1H3,(H2,14,18). The summed E-state index contributed by atoms with van der Waals surface area (Å²) >= 11 is 8.52. The van der Waals surface area contributed by atoms with Gasteiger partial charge in [-0.3, -0.25) is 0 Å². The van der Waals surface area contributed by atoms with Crippen molar-refractivity contribution < 1.29 is 0 Å². The summed E-state index contributed by atoms with van der Waals surface area (Å²) in [6.07, 6.45) is 0. The third kappa shape index (κ3) is 3.41. The van der Waals surface area contributed by atoms with E-state index in [2.05, 4.69) is 38.3 Å². The van der Waals surface area contributed by atoms with Crippen LogP contribution in [-0.2, 0) is 0 Å². The van der Waals surface area contributed by atoms with Crippen molar-refractivity contribution in [1.29, 1.82) is 0 Å². The van der Waals surface area contributed by atoms with Gasteiger partial charge in [-0.2, -0.15) is 0 Å². The molecule has 1 aliphatic heterocycles. The fourth-order valence-electron chi connectivity index (χ4n) is 1.91. The Kier molecular flexibility index (Phi) is 4.55. The minimum absolute atomic E-state index is 0.410. The maximum absolute atomic E-state index is 5.75. The minimum atomic E-state index is 0.410. The first-order valence-corrected chi connectivity index (χ1v) is 7.06. The molecule has 1 aromatic carbocycles. The number of rotatable bonds is 3. The van der Waals surface area contributed by atoms with Crippen molar-refractivity contribution in [3.8, 4) is 0 Å². The second-order valence-corrected chi connectivity index (χ2v) is 5.81. The van der Waals surface area contributed by atoms with Gasteiger partial charge < -0.3 is 16.1 Å². The Morgan fingerprint density at radius 1 is 1.33 bits per heavy atom. The molecule has 0 aromatic heterocycles. The molecule has 1 fully saturated rings. The molecule has 1 aliphatic rings. The molecule has 0 aliphatic carbocycles. The molecule has 98 valence electrons. The number of benzene rings is 1. The molecule has 0 unspecified atom stereocenters. The molecule has 2 rings (SSSR count). The summed E-state index contributed by atoms with van der Waals surface area (Å²) < 4.78 is 0.981. The number of hydrogen-bond acceptors (Lipinski definition) is 4. The van der Waals surface area contributed by atoms with Crippen molar-refractivity contribution in [2.75, 3.05) is 38.7 Å². The van der Waals surface area contributed by atoms with Crippen LogP contribution >= 0.6 is 28.1 Å². The number of hydrazine groups is 1. The summed E-state index contributed by atoms with van der Waals surface area (Å²) in [5.74, 6) is 0. The Morgan fingerprint density at radius 3 is 2.61 bits per heavy atom. The van der Waals surface area contributed by atoms with Gasteiger partial charge in [-0.25, -0.2) is 5.01 Å². The van der Waals surface area contributed by atoms with E-state index in [1.54, 1.807) is 0 Å². The van der Waals surface area contributed by atoms with E-state index in [9.17, 15) is 0 Å². The average molecular weight is 329 g/mol. The van der Waals surface area contributed by atoms with Crippen LogP contribution in [0.4, 0.5) is 5.69 Å². The summed E-state index contributed by atoms with van der Waals surface area (Å²) in [5, 5.41) is 2.20. The number of likely N-dealkylation sites (N-methyl/N-ethyl adjacent to an activating group) is 1. The highest BCUT2D eigenvalue weighted by atomic mass is 79.9. The summed E-state index contributed by atoms with van der Waals surface area (Å²) in [6.45, 7) is 4.10. The van der Waals surface area contributed by atoms with Gasteiger partial charge in [-0.15, -0.1) is 0 Å². The molecule has 6 heteroatoms. The highest BCUT2D eigenvalue weighted by Crippen LogP contribution is 2.21. The second-order valence-electron chi connectivity index (χ2n) is 4.46. The Morgan fingerprint density at radius 2 is 2.00 bits per heavy atom. The van der Waals surface area contributed by atoms with E-state index in [4.69, 9.17) is 18.0 Å². The first-order valence-electron chi connectivity index (χ1n) is 5.86. The zero-order valence-electron chi connectivity index (χ0n) is 10.3. The second kappa shape index (κ2) is 5.97. The van der Waals surface area contributed by atoms with Gasteiger partial charge in [0.1, 0.15) is 4.99 Å². The Bertz CT molecular complexity index is 444. The predicted molar refractivity (Wildman–Crippen MR) is 82.7 cm³/mol. The molecule has 4 nitrogen and oxygen atoms in total. The van der Waals surface area contributed by atoms with Gasteiger partial charge in [0, 0.05) is 36.2 Å². The van der Waals surface area contributed by atoms with E-state index >= 15 is 0 Å². The number of nitrogens with two attached hydrogens (primary N) is 1. The van der Waals surface area contributed by atoms with Gasteiger partial charge >= 0.3 is 0 Å². The van der Waals surface area contributed by atoms with Crippen molar-refractivity contribution >= 4 is 38.8 Å². The maximum Gasteiger partial charge on any atom is 0.106 e. The van der Waals surface area contributed by atoms with Crippen LogP contribution in [0.3, 0.4) is 0 Å². The molecule has 0 amide bonds. The van der Waals surface area contributed by atoms with Crippen LogP contribution < -0.4 is 11.2 Å². The van der Waals surface area contributed by atoms with Crippen LogP contribution in [0.1, 0.15) is 5.56 Å². The highest BCUT2D eigenvalue weighted by Gasteiger charge is 2.15.